The van der Waals surface area contributed by atoms with Gasteiger partial charge in [-0.25, -0.2) is 4.98 Å². The number of pyridine rings is 2. The first kappa shape index (κ1) is 22.0. The van der Waals surface area contributed by atoms with E-state index in [-0.39, 0.29) is 11.8 Å². The maximum Gasteiger partial charge on any atom is 0.272 e. The van der Waals surface area contributed by atoms with Crippen molar-refractivity contribution < 1.29 is 9.59 Å². The lowest BCUT2D eigenvalue weighted by Crippen LogP contribution is -2.49. The number of anilines is 2. The number of amides is 2. The Morgan fingerprint density at radius 1 is 0.938 bits per heavy atom. The highest BCUT2D eigenvalue weighted by Crippen LogP contribution is 2.24. The zero-order valence-corrected chi connectivity index (χ0v) is 18.8. The highest BCUT2D eigenvalue weighted by atomic mass is 16.2. The van der Waals surface area contributed by atoms with E-state index in [2.05, 4.69) is 39.3 Å². The zero-order chi connectivity index (χ0) is 22.5. The van der Waals surface area contributed by atoms with Gasteiger partial charge in [-0.15, -0.1) is 0 Å². The number of piperazine rings is 2. The Kier molecular flexibility index (Phi) is 6.84. The third-order valence-corrected chi connectivity index (χ3v) is 5.73. The summed E-state index contributed by atoms with van der Waals surface area (Å²) in [5.74, 6) is 0.780. The second-order valence-electron chi connectivity index (χ2n) is 8.43. The molecule has 0 saturated carbocycles. The standard InChI is InChI=1S/C23H31N7O2/c1-17(2)27-19-4-3-7-25-21(19)28-12-14-30(15-13-28)23(32)20-6-5-18(16-26-20)22(31)29-10-8-24-9-11-29/h3-7,16-17,24,27H,8-15H2,1-2H3. The highest BCUT2D eigenvalue weighted by molar-refractivity contribution is 5.96. The number of carbonyl (C=O) groups excluding carboxylic acids is 2. The molecular weight excluding hydrogens is 406 g/mol. The first-order chi connectivity index (χ1) is 15.5. The predicted molar refractivity (Wildman–Crippen MR) is 124 cm³/mol. The Labute approximate surface area is 188 Å². The molecule has 170 valence electrons. The lowest BCUT2D eigenvalue weighted by molar-refractivity contribution is 0.0724. The molecule has 2 fully saturated rings. The van der Waals surface area contributed by atoms with Crippen LogP contribution in [0.1, 0.15) is 34.7 Å². The third kappa shape index (κ3) is 4.99. The van der Waals surface area contributed by atoms with E-state index in [1.807, 2.05) is 21.9 Å². The van der Waals surface area contributed by atoms with E-state index in [0.717, 1.165) is 24.6 Å². The topological polar surface area (TPSA) is 93.7 Å². The minimum atomic E-state index is -0.104. The molecule has 9 heteroatoms. The van der Waals surface area contributed by atoms with Gasteiger partial charge in [0.05, 0.1) is 11.3 Å². The normalized spacial score (nSPS) is 16.9. The quantitative estimate of drug-likeness (QED) is 0.728. The zero-order valence-electron chi connectivity index (χ0n) is 18.8. The third-order valence-electron chi connectivity index (χ3n) is 5.73. The van der Waals surface area contributed by atoms with Crippen molar-refractivity contribution >= 4 is 23.3 Å². The molecule has 0 aliphatic carbocycles. The molecule has 2 amide bonds. The number of rotatable bonds is 5. The van der Waals surface area contributed by atoms with Crippen molar-refractivity contribution in [3.63, 3.8) is 0 Å². The summed E-state index contributed by atoms with van der Waals surface area (Å²) in [7, 11) is 0. The Hall–Kier alpha value is -3.20. The molecule has 0 radical (unpaired) electrons. The van der Waals surface area contributed by atoms with Gasteiger partial charge in [0.2, 0.25) is 0 Å². The van der Waals surface area contributed by atoms with Gasteiger partial charge in [-0.05, 0) is 38.1 Å². The van der Waals surface area contributed by atoms with E-state index in [4.69, 9.17) is 0 Å². The lowest BCUT2D eigenvalue weighted by Gasteiger charge is -2.36. The van der Waals surface area contributed by atoms with Gasteiger partial charge in [-0.3, -0.25) is 14.6 Å². The number of hydrogen-bond donors (Lipinski definition) is 2. The fourth-order valence-corrected chi connectivity index (χ4v) is 4.05. The molecular formula is C23H31N7O2. The van der Waals surface area contributed by atoms with Crippen LogP contribution in [0.2, 0.25) is 0 Å². The molecule has 4 rings (SSSR count). The van der Waals surface area contributed by atoms with Crippen molar-refractivity contribution in [2.75, 3.05) is 62.6 Å². The van der Waals surface area contributed by atoms with Gasteiger partial charge in [0, 0.05) is 70.8 Å². The molecule has 0 aromatic carbocycles. The molecule has 2 N–H and O–H groups in total. The maximum absolute atomic E-state index is 13.0. The number of hydrogen-bond acceptors (Lipinski definition) is 7. The van der Waals surface area contributed by atoms with Crippen LogP contribution in [0.15, 0.2) is 36.7 Å². The largest absolute Gasteiger partial charge is 0.380 e. The van der Waals surface area contributed by atoms with Crippen LogP contribution in [0.25, 0.3) is 0 Å². The summed E-state index contributed by atoms with van der Waals surface area (Å²) >= 11 is 0. The summed E-state index contributed by atoms with van der Waals surface area (Å²) in [6.07, 6.45) is 3.32. The van der Waals surface area contributed by atoms with Gasteiger partial charge in [-0.1, -0.05) is 0 Å². The second-order valence-corrected chi connectivity index (χ2v) is 8.43. The van der Waals surface area contributed by atoms with E-state index in [1.54, 1.807) is 18.3 Å². The Morgan fingerprint density at radius 3 is 2.31 bits per heavy atom. The average molecular weight is 438 g/mol. The van der Waals surface area contributed by atoms with Gasteiger partial charge in [0.25, 0.3) is 11.8 Å². The monoisotopic (exact) mass is 437 g/mol. The first-order valence-electron chi connectivity index (χ1n) is 11.2. The first-order valence-corrected chi connectivity index (χ1v) is 11.2. The molecule has 0 spiro atoms. The molecule has 2 aliphatic rings. The fraction of sp³-hybridized carbons (Fsp3) is 0.478. The number of nitrogens with one attached hydrogen (secondary N) is 2. The van der Waals surface area contributed by atoms with Crippen LogP contribution in [0.3, 0.4) is 0 Å². The molecule has 2 aromatic rings. The molecule has 2 saturated heterocycles. The number of aromatic nitrogens is 2. The molecule has 4 heterocycles. The molecule has 0 atom stereocenters. The van der Waals surface area contributed by atoms with Crippen LogP contribution in [-0.2, 0) is 0 Å². The average Bonchev–Trinajstić information content (AvgIpc) is 2.84. The van der Waals surface area contributed by atoms with E-state index < -0.39 is 0 Å². The summed E-state index contributed by atoms with van der Waals surface area (Å²) in [6.45, 7) is 9.78. The molecule has 2 aromatic heterocycles. The molecule has 2 aliphatic heterocycles. The van der Waals surface area contributed by atoms with Crippen molar-refractivity contribution in [2.45, 2.75) is 19.9 Å². The van der Waals surface area contributed by atoms with Crippen molar-refractivity contribution in [3.8, 4) is 0 Å². The minimum absolute atomic E-state index is 0.0345. The van der Waals surface area contributed by atoms with Gasteiger partial charge < -0.3 is 25.3 Å². The van der Waals surface area contributed by atoms with E-state index in [9.17, 15) is 9.59 Å². The Balaban J connectivity index is 1.36. The van der Waals surface area contributed by atoms with Crippen LogP contribution < -0.4 is 15.5 Å². The lowest BCUT2D eigenvalue weighted by atomic mass is 10.2. The van der Waals surface area contributed by atoms with Gasteiger partial charge in [0.15, 0.2) is 5.82 Å². The minimum Gasteiger partial charge on any atom is -0.380 e. The smallest absolute Gasteiger partial charge is 0.272 e. The van der Waals surface area contributed by atoms with Crippen LogP contribution in [0.5, 0.6) is 0 Å². The van der Waals surface area contributed by atoms with E-state index in [0.29, 0.717) is 56.6 Å². The number of carbonyl (C=O) groups is 2. The van der Waals surface area contributed by atoms with Crippen molar-refractivity contribution in [1.29, 1.82) is 0 Å². The molecule has 0 bridgehead atoms. The summed E-state index contributed by atoms with van der Waals surface area (Å²) in [5.41, 5.74) is 1.90. The SMILES string of the molecule is CC(C)Nc1cccnc1N1CCN(C(=O)c2ccc(C(=O)N3CCNCC3)cn2)CC1. The molecule has 0 unspecified atom stereocenters. The number of nitrogens with zero attached hydrogens (tertiary/aromatic N) is 5. The fourth-order valence-electron chi connectivity index (χ4n) is 4.05. The van der Waals surface area contributed by atoms with E-state index in [1.165, 1.54) is 6.20 Å². The van der Waals surface area contributed by atoms with Crippen molar-refractivity contribution in [3.05, 3.63) is 47.9 Å². The summed E-state index contributed by atoms with van der Waals surface area (Å²) in [4.78, 5) is 40.2. The van der Waals surface area contributed by atoms with Crippen LogP contribution in [0.4, 0.5) is 11.5 Å². The van der Waals surface area contributed by atoms with Gasteiger partial charge >= 0.3 is 0 Å². The van der Waals surface area contributed by atoms with Crippen LogP contribution >= 0.6 is 0 Å². The highest BCUT2D eigenvalue weighted by Gasteiger charge is 2.25. The molecule has 32 heavy (non-hydrogen) atoms. The summed E-state index contributed by atoms with van der Waals surface area (Å²) < 4.78 is 0. The predicted octanol–water partition coefficient (Wildman–Crippen LogP) is 1.30. The van der Waals surface area contributed by atoms with Crippen molar-refractivity contribution in [1.82, 2.24) is 25.1 Å². The summed E-state index contributed by atoms with van der Waals surface area (Å²) in [6, 6.07) is 7.64. The van der Waals surface area contributed by atoms with Gasteiger partial charge in [0.1, 0.15) is 5.69 Å². The maximum atomic E-state index is 13.0. The van der Waals surface area contributed by atoms with Crippen LogP contribution in [-0.4, -0.2) is 90.0 Å². The Bertz CT molecular complexity index is 934. The Morgan fingerprint density at radius 2 is 1.66 bits per heavy atom. The van der Waals surface area contributed by atoms with E-state index >= 15 is 0 Å². The second kappa shape index (κ2) is 9.95. The van der Waals surface area contributed by atoms with Crippen molar-refractivity contribution in [2.24, 2.45) is 0 Å². The summed E-state index contributed by atoms with van der Waals surface area (Å²) in [5, 5.41) is 6.67. The van der Waals surface area contributed by atoms with Gasteiger partial charge in [-0.2, -0.15) is 0 Å². The molecule has 9 nitrogen and oxygen atoms in total. The van der Waals surface area contributed by atoms with Crippen LogP contribution in [0, 0.1) is 0 Å².